The number of carboxylic acids is 1. The van der Waals surface area contributed by atoms with E-state index in [1.807, 2.05) is 6.92 Å². The second-order valence-electron chi connectivity index (χ2n) is 5.00. The van der Waals surface area contributed by atoms with Gasteiger partial charge in [0, 0.05) is 31.4 Å². The number of hydrogen-bond acceptors (Lipinski definition) is 3. The Morgan fingerprint density at radius 2 is 2.40 bits per heavy atom. The maximum absolute atomic E-state index is 12.2. The molecule has 0 spiro atoms. The van der Waals surface area contributed by atoms with Crippen LogP contribution in [-0.4, -0.2) is 50.6 Å². The smallest absolute Gasteiger partial charge is 0.329 e. The molecule has 3 N–H and O–H groups in total. The number of carbonyl (C=O) groups excluding carboxylic acids is 1. The summed E-state index contributed by atoms with van der Waals surface area (Å²) in [6.07, 6.45) is 5.61. The average molecular weight is 280 g/mol. The van der Waals surface area contributed by atoms with Crippen LogP contribution in [0.15, 0.2) is 12.5 Å². The molecule has 1 aromatic heterocycles. The lowest BCUT2D eigenvalue weighted by Crippen LogP contribution is -2.55. The average Bonchev–Trinajstić information content (AvgIpc) is 3.07. The van der Waals surface area contributed by atoms with Gasteiger partial charge in [-0.15, -0.1) is 0 Å². The number of aromatic amines is 1. The molecule has 7 heteroatoms. The summed E-state index contributed by atoms with van der Waals surface area (Å²) in [5.74, 6) is -0.916. The molecule has 1 fully saturated rings. The third-order valence-electron chi connectivity index (χ3n) is 3.94. The first-order chi connectivity index (χ1) is 9.60. The zero-order valence-electron chi connectivity index (χ0n) is 11.6. The molecule has 1 unspecified atom stereocenters. The summed E-state index contributed by atoms with van der Waals surface area (Å²) in [4.78, 5) is 32.0. The molecule has 0 bridgehead atoms. The summed E-state index contributed by atoms with van der Waals surface area (Å²) < 4.78 is 0. The fraction of sp³-hybridized carbons (Fsp3) is 0.615. The van der Waals surface area contributed by atoms with E-state index in [0.29, 0.717) is 32.4 Å². The molecule has 1 aromatic rings. The normalized spacial score (nSPS) is 21.9. The number of aliphatic carboxylic acids is 1. The van der Waals surface area contributed by atoms with E-state index in [2.05, 4.69) is 15.3 Å². The number of rotatable bonds is 5. The maximum atomic E-state index is 12.2. The Labute approximate surface area is 117 Å². The van der Waals surface area contributed by atoms with Crippen molar-refractivity contribution in [1.82, 2.24) is 20.2 Å². The van der Waals surface area contributed by atoms with E-state index in [-0.39, 0.29) is 6.03 Å². The van der Waals surface area contributed by atoms with Crippen molar-refractivity contribution < 1.29 is 14.7 Å². The molecule has 20 heavy (non-hydrogen) atoms. The van der Waals surface area contributed by atoms with Crippen LogP contribution in [-0.2, 0) is 11.2 Å². The van der Waals surface area contributed by atoms with E-state index in [4.69, 9.17) is 0 Å². The number of imidazole rings is 1. The third-order valence-corrected chi connectivity index (χ3v) is 3.94. The van der Waals surface area contributed by atoms with Gasteiger partial charge in [0.25, 0.3) is 0 Å². The second kappa shape index (κ2) is 5.94. The molecule has 1 aliphatic heterocycles. The van der Waals surface area contributed by atoms with Gasteiger partial charge in [0.2, 0.25) is 0 Å². The van der Waals surface area contributed by atoms with E-state index in [9.17, 15) is 14.7 Å². The number of H-pyrrole nitrogens is 1. The monoisotopic (exact) mass is 280 g/mol. The number of carbonyl (C=O) groups is 2. The van der Waals surface area contributed by atoms with Gasteiger partial charge in [-0.3, -0.25) is 0 Å². The summed E-state index contributed by atoms with van der Waals surface area (Å²) in [7, 11) is 0. The molecule has 110 valence electrons. The number of likely N-dealkylation sites (tertiary alicyclic amines) is 1. The highest BCUT2D eigenvalue weighted by atomic mass is 16.4. The van der Waals surface area contributed by atoms with E-state index in [0.717, 1.165) is 12.1 Å². The van der Waals surface area contributed by atoms with Crippen LogP contribution in [0.3, 0.4) is 0 Å². The Morgan fingerprint density at radius 3 is 3.00 bits per heavy atom. The van der Waals surface area contributed by atoms with Crippen molar-refractivity contribution in [2.45, 2.75) is 38.1 Å². The van der Waals surface area contributed by atoms with E-state index >= 15 is 0 Å². The molecule has 1 atom stereocenters. The van der Waals surface area contributed by atoms with Crippen LogP contribution in [0.1, 0.15) is 31.9 Å². The number of nitrogens with one attached hydrogen (secondary N) is 2. The number of nitrogens with zero attached hydrogens (tertiary/aromatic N) is 2. The Balaban J connectivity index is 1.92. The van der Waals surface area contributed by atoms with Gasteiger partial charge in [-0.25, -0.2) is 14.6 Å². The lowest BCUT2D eigenvalue weighted by Gasteiger charge is -2.33. The molecular formula is C13H20N4O3. The van der Waals surface area contributed by atoms with Crippen molar-refractivity contribution in [2.24, 2.45) is 0 Å². The minimum atomic E-state index is -1.04. The van der Waals surface area contributed by atoms with Crippen molar-refractivity contribution >= 4 is 12.0 Å². The summed E-state index contributed by atoms with van der Waals surface area (Å²) in [6.45, 7) is 2.76. The zero-order valence-corrected chi connectivity index (χ0v) is 11.6. The summed E-state index contributed by atoms with van der Waals surface area (Å²) in [6, 6.07) is -0.300. The minimum absolute atomic E-state index is 0.300. The highest BCUT2D eigenvalue weighted by molar-refractivity contribution is 5.87. The van der Waals surface area contributed by atoms with Gasteiger partial charge in [0.15, 0.2) is 0 Å². The summed E-state index contributed by atoms with van der Waals surface area (Å²) in [5, 5.41) is 12.2. The molecule has 0 radical (unpaired) electrons. The predicted octanol–water partition coefficient (Wildman–Crippen LogP) is 0.991. The Bertz CT molecular complexity index is 474. The molecule has 7 nitrogen and oxygen atoms in total. The lowest BCUT2D eigenvalue weighted by atomic mass is 9.93. The van der Waals surface area contributed by atoms with Gasteiger partial charge in [-0.05, 0) is 19.3 Å². The van der Waals surface area contributed by atoms with E-state index < -0.39 is 11.5 Å². The second-order valence-corrected chi connectivity index (χ2v) is 5.00. The van der Waals surface area contributed by atoms with Crippen molar-refractivity contribution in [3.05, 3.63) is 18.2 Å². The molecule has 2 rings (SSSR count). The standard InChI is InChI=1S/C13H20N4O3/c1-2-13(11(18)19)5-3-7-17(13)12(20)15-6-4-10-8-14-9-16-10/h8-9H,2-7H2,1H3,(H,14,16)(H,15,20)(H,18,19). The quantitative estimate of drug-likeness (QED) is 0.749. The third kappa shape index (κ3) is 2.61. The molecule has 2 heterocycles. The number of urea groups is 1. The first kappa shape index (κ1) is 14.4. The van der Waals surface area contributed by atoms with Crippen LogP contribution in [0.2, 0.25) is 0 Å². The van der Waals surface area contributed by atoms with Crippen LogP contribution >= 0.6 is 0 Å². The van der Waals surface area contributed by atoms with Crippen LogP contribution in [0.5, 0.6) is 0 Å². The van der Waals surface area contributed by atoms with Crippen molar-refractivity contribution in [1.29, 1.82) is 0 Å². The Hall–Kier alpha value is -2.05. The summed E-state index contributed by atoms with van der Waals surface area (Å²) >= 11 is 0. The van der Waals surface area contributed by atoms with Gasteiger partial charge >= 0.3 is 12.0 Å². The lowest BCUT2D eigenvalue weighted by molar-refractivity contribution is -0.148. The first-order valence-corrected chi connectivity index (χ1v) is 6.86. The van der Waals surface area contributed by atoms with Crippen molar-refractivity contribution in [3.8, 4) is 0 Å². The minimum Gasteiger partial charge on any atom is -0.479 e. The number of carboxylic acid groups (broad SMARTS) is 1. The molecule has 2 amide bonds. The molecule has 1 aliphatic rings. The topological polar surface area (TPSA) is 98.3 Å². The first-order valence-electron chi connectivity index (χ1n) is 6.86. The van der Waals surface area contributed by atoms with Crippen LogP contribution in [0, 0.1) is 0 Å². The van der Waals surface area contributed by atoms with Crippen molar-refractivity contribution in [2.75, 3.05) is 13.1 Å². The van der Waals surface area contributed by atoms with Crippen molar-refractivity contribution in [3.63, 3.8) is 0 Å². The zero-order chi connectivity index (χ0) is 14.6. The van der Waals surface area contributed by atoms with Gasteiger partial charge in [0.1, 0.15) is 5.54 Å². The van der Waals surface area contributed by atoms with Crippen LogP contribution < -0.4 is 5.32 Å². The molecular weight excluding hydrogens is 260 g/mol. The van der Waals surface area contributed by atoms with Gasteiger partial charge in [-0.1, -0.05) is 6.92 Å². The molecule has 0 aromatic carbocycles. The van der Waals surface area contributed by atoms with E-state index in [1.54, 1.807) is 12.5 Å². The number of amides is 2. The molecule has 0 aliphatic carbocycles. The maximum Gasteiger partial charge on any atom is 0.329 e. The number of hydrogen-bond donors (Lipinski definition) is 3. The Kier molecular flexibility index (Phi) is 4.26. The van der Waals surface area contributed by atoms with Gasteiger partial charge in [-0.2, -0.15) is 0 Å². The SMILES string of the molecule is CCC1(C(=O)O)CCCN1C(=O)NCCc1cnc[nH]1. The highest BCUT2D eigenvalue weighted by Crippen LogP contribution is 2.32. The summed E-state index contributed by atoms with van der Waals surface area (Å²) in [5.41, 5.74) is -0.107. The Morgan fingerprint density at radius 1 is 1.60 bits per heavy atom. The van der Waals surface area contributed by atoms with E-state index in [1.165, 1.54) is 4.90 Å². The van der Waals surface area contributed by atoms with Gasteiger partial charge in [0.05, 0.1) is 6.33 Å². The predicted molar refractivity (Wildman–Crippen MR) is 72.3 cm³/mol. The fourth-order valence-electron chi connectivity index (χ4n) is 2.74. The highest BCUT2D eigenvalue weighted by Gasteiger charge is 2.48. The largest absolute Gasteiger partial charge is 0.479 e. The molecule has 0 saturated carbocycles. The van der Waals surface area contributed by atoms with Crippen LogP contribution in [0.4, 0.5) is 4.79 Å². The number of aromatic nitrogens is 2. The van der Waals surface area contributed by atoms with Gasteiger partial charge < -0.3 is 20.3 Å². The molecule has 1 saturated heterocycles. The van der Waals surface area contributed by atoms with Crippen LogP contribution in [0.25, 0.3) is 0 Å². The fourth-order valence-corrected chi connectivity index (χ4v) is 2.74.